The minimum absolute atomic E-state index is 0.0613. The van der Waals surface area contributed by atoms with Crippen molar-refractivity contribution in [3.05, 3.63) is 27.7 Å². The molecule has 1 saturated carbocycles. The highest BCUT2D eigenvalue weighted by Crippen LogP contribution is 2.28. The Kier molecular flexibility index (Phi) is 4.63. The van der Waals surface area contributed by atoms with Gasteiger partial charge in [-0.15, -0.1) is 0 Å². The molecule has 0 saturated heterocycles. The standard InChI is InChI=1S/C15H21BrN2O/c1-9-6-12(16)7-10(2)14(9)18-15(19)11-4-3-5-13(17)8-11/h6-7,11,13H,3-5,8,17H2,1-2H3,(H,18,19). The lowest BCUT2D eigenvalue weighted by molar-refractivity contribution is -0.120. The molecule has 0 radical (unpaired) electrons. The minimum atomic E-state index is 0.0613. The maximum atomic E-state index is 12.3. The molecule has 3 nitrogen and oxygen atoms in total. The lowest BCUT2D eigenvalue weighted by Crippen LogP contribution is -2.34. The van der Waals surface area contributed by atoms with Crippen LogP contribution in [0.3, 0.4) is 0 Å². The zero-order chi connectivity index (χ0) is 14.0. The Bertz CT molecular complexity index is 464. The molecule has 0 aromatic heterocycles. The van der Waals surface area contributed by atoms with Crippen molar-refractivity contribution in [3.63, 3.8) is 0 Å². The molecule has 2 unspecified atom stereocenters. The SMILES string of the molecule is Cc1cc(Br)cc(C)c1NC(=O)C1CCCC(N)C1. The smallest absolute Gasteiger partial charge is 0.227 e. The molecule has 1 aliphatic rings. The Morgan fingerprint density at radius 2 is 1.95 bits per heavy atom. The van der Waals surface area contributed by atoms with Crippen LogP contribution in [0.2, 0.25) is 0 Å². The third-order valence-electron chi connectivity index (χ3n) is 3.83. The third kappa shape index (κ3) is 3.57. The molecule has 0 heterocycles. The van der Waals surface area contributed by atoms with Crippen LogP contribution in [0.4, 0.5) is 5.69 Å². The predicted octanol–water partition coefficient (Wildman–Crippen LogP) is 3.52. The Balaban J connectivity index is 2.10. The van der Waals surface area contributed by atoms with Crippen LogP contribution in [0.5, 0.6) is 0 Å². The number of carbonyl (C=O) groups excluding carboxylic acids is 1. The lowest BCUT2D eigenvalue weighted by atomic mass is 9.85. The topological polar surface area (TPSA) is 55.1 Å². The highest BCUT2D eigenvalue weighted by atomic mass is 79.9. The van der Waals surface area contributed by atoms with E-state index in [0.29, 0.717) is 0 Å². The molecule has 4 heteroatoms. The van der Waals surface area contributed by atoms with E-state index in [9.17, 15) is 4.79 Å². The second kappa shape index (κ2) is 6.06. The van der Waals surface area contributed by atoms with E-state index in [4.69, 9.17) is 5.73 Å². The van der Waals surface area contributed by atoms with Gasteiger partial charge in [0.1, 0.15) is 0 Å². The molecule has 19 heavy (non-hydrogen) atoms. The highest BCUT2D eigenvalue weighted by molar-refractivity contribution is 9.10. The largest absolute Gasteiger partial charge is 0.328 e. The summed E-state index contributed by atoms with van der Waals surface area (Å²) in [6.45, 7) is 4.03. The van der Waals surface area contributed by atoms with Gasteiger partial charge in [-0.2, -0.15) is 0 Å². The summed E-state index contributed by atoms with van der Waals surface area (Å²) in [5, 5.41) is 3.08. The molecule has 2 rings (SSSR count). The third-order valence-corrected chi connectivity index (χ3v) is 4.29. The zero-order valence-electron chi connectivity index (χ0n) is 11.5. The van der Waals surface area contributed by atoms with Crippen molar-refractivity contribution in [2.24, 2.45) is 11.7 Å². The maximum Gasteiger partial charge on any atom is 0.227 e. The van der Waals surface area contributed by atoms with Crippen LogP contribution < -0.4 is 11.1 Å². The van der Waals surface area contributed by atoms with Gasteiger partial charge in [0.15, 0.2) is 0 Å². The van der Waals surface area contributed by atoms with Crippen LogP contribution in [0.15, 0.2) is 16.6 Å². The van der Waals surface area contributed by atoms with Crippen molar-refractivity contribution in [3.8, 4) is 0 Å². The van der Waals surface area contributed by atoms with Gasteiger partial charge in [-0.05, 0) is 56.4 Å². The number of benzene rings is 1. The molecule has 104 valence electrons. The highest BCUT2D eigenvalue weighted by Gasteiger charge is 2.25. The van der Waals surface area contributed by atoms with E-state index in [-0.39, 0.29) is 17.9 Å². The number of amides is 1. The second-order valence-corrected chi connectivity index (χ2v) is 6.44. The van der Waals surface area contributed by atoms with Crippen molar-refractivity contribution in [2.75, 3.05) is 5.32 Å². The van der Waals surface area contributed by atoms with Crippen LogP contribution in [0, 0.1) is 19.8 Å². The molecule has 2 atom stereocenters. The molecular formula is C15H21BrN2O. The average molecular weight is 325 g/mol. The molecule has 1 fully saturated rings. The number of nitrogens with one attached hydrogen (secondary N) is 1. The number of hydrogen-bond donors (Lipinski definition) is 2. The summed E-state index contributed by atoms with van der Waals surface area (Å²) >= 11 is 3.47. The average Bonchev–Trinajstić information content (AvgIpc) is 2.33. The number of nitrogens with two attached hydrogens (primary N) is 1. The van der Waals surface area contributed by atoms with E-state index in [1.807, 2.05) is 26.0 Å². The summed E-state index contributed by atoms with van der Waals surface area (Å²) in [7, 11) is 0. The van der Waals surface area contributed by atoms with Gasteiger partial charge >= 0.3 is 0 Å². The normalized spacial score (nSPS) is 23.2. The summed E-state index contributed by atoms with van der Waals surface area (Å²) in [5.41, 5.74) is 9.05. The van der Waals surface area contributed by atoms with Gasteiger partial charge in [-0.1, -0.05) is 22.4 Å². The summed E-state index contributed by atoms with van der Waals surface area (Å²) in [4.78, 5) is 12.3. The van der Waals surface area contributed by atoms with Gasteiger partial charge in [0, 0.05) is 22.1 Å². The number of anilines is 1. The minimum Gasteiger partial charge on any atom is -0.328 e. The molecule has 1 amide bonds. The van der Waals surface area contributed by atoms with Crippen LogP contribution in [0.1, 0.15) is 36.8 Å². The monoisotopic (exact) mass is 324 g/mol. The van der Waals surface area contributed by atoms with E-state index >= 15 is 0 Å². The maximum absolute atomic E-state index is 12.3. The fourth-order valence-electron chi connectivity index (χ4n) is 2.80. The summed E-state index contributed by atoms with van der Waals surface area (Å²) in [6, 6.07) is 4.22. The van der Waals surface area contributed by atoms with Crippen LogP contribution in [-0.2, 0) is 4.79 Å². The lowest BCUT2D eigenvalue weighted by Gasteiger charge is -2.26. The Morgan fingerprint density at radius 3 is 2.53 bits per heavy atom. The Morgan fingerprint density at radius 1 is 1.32 bits per heavy atom. The van der Waals surface area contributed by atoms with Gasteiger partial charge in [-0.3, -0.25) is 4.79 Å². The van der Waals surface area contributed by atoms with Gasteiger partial charge in [0.2, 0.25) is 5.91 Å². The van der Waals surface area contributed by atoms with E-state index < -0.39 is 0 Å². The fraction of sp³-hybridized carbons (Fsp3) is 0.533. The van der Waals surface area contributed by atoms with Gasteiger partial charge in [0.25, 0.3) is 0 Å². The van der Waals surface area contributed by atoms with Crippen molar-refractivity contribution >= 4 is 27.5 Å². The van der Waals surface area contributed by atoms with Gasteiger partial charge < -0.3 is 11.1 Å². The van der Waals surface area contributed by atoms with Crippen LogP contribution in [-0.4, -0.2) is 11.9 Å². The van der Waals surface area contributed by atoms with E-state index in [0.717, 1.165) is 47.0 Å². The fourth-order valence-corrected chi connectivity index (χ4v) is 3.49. The van der Waals surface area contributed by atoms with Crippen molar-refractivity contribution in [1.82, 2.24) is 0 Å². The van der Waals surface area contributed by atoms with Crippen LogP contribution in [0.25, 0.3) is 0 Å². The van der Waals surface area contributed by atoms with E-state index in [2.05, 4.69) is 21.2 Å². The van der Waals surface area contributed by atoms with Gasteiger partial charge in [-0.25, -0.2) is 0 Å². The first kappa shape index (κ1) is 14.5. The molecule has 1 aromatic carbocycles. The van der Waals surface area contributed by atoms with Gasteiger partial charge in [0.05, 0.1) is 0 Å². The first-order valence-electron chi connectivity index (χ1n) is 6.80. The molecule has 3 N–H and O–H groups in total. The molecule has 0 spiro atoms. The number of hydrogen-bond acceptors (Lipinski definition) is 2. The molecule has 0 aliphatic heterocycles. The predicted molar refractivity (Wildman–Crippen MR) is 82.2 cm³/mol. The number of carbonyl (C=O) groups is 1. The van der Waals surface area contributed by atoms with Crippen molar-refractivity contribution in [2.45, 2.75) is 45.6 Å². The number of rotatable bonds is 2. The molecule has 1 aromatic rings. The quantitative estimate of drug-likeness (QED) is 0.874. The number of halogens is 1. The van der Waals surface area contributed by atoms with Crippen molar-refractivity contribution < 1.29 is 4.79 Å². The first-order valence-corrected chi connectivity index (χ1v) is 7.60. The summed E-state index contributed by atoms with van der Waals surface area (Å²) in [6.07, 6.45) is 3.85. The molecular weight excluding hydrogens is 304 g/mol. The molecule has 0 bridgehead atoms. The van der Waals surface area contributed by atoms with E-state index in [1.165, 1.54) is 0 Å². The number of aryl methyl sites for hydroxylation is 2. The molecule has 1 aliphatic carbocycles. The summed E-state index contributed by atoms with van der Waals surface area (Å²) in [5.74, 6) is 0.176. The summed E-state index contributed by atoms with van der Waals surface area (Å²) < 4.78 is 1.04. The first-order chi connectivity index (χ1) is 8.97. The Labute approximate surface area is 123 Å². The van der Waals surface area contributed by atoms with Crippen LogP contribution >= 0.6 is 15.9 Å². The van der Waals surface area contributed by atoms with E-state index in [1.54, 1.807) is 0 Å². The van der Waals surface area contributed by atoms with Crippen molar-refractivity contribution in [1.29, 1.82) is 0 Å². The second-order valence-electron chi connectivity index (χ2n) is 5.53. The zero-order valence-corrected chi connectivity index (χ0v) is 13.1. The Hall–Kier alpha value is -0.870.